The Kier molecular flexibility index (Phi) is 5.69. The number of hydrogen-bond acceptors (Lipinski definition) is 4. The number of rotatable bonds is 7. The van der Waals surface area contributed by atoms with E-state index in [4.69, 9.17) is 0 Å². The standard InChI is InChI=1S/C17H24N4/c1-4-19-14(3)16-6-7-17(20-12-16)21(5-2)13-15-8-10-18-11-9-15/h6-12,14,19H,4-5,13H2,1-3H3. The number of nitrogens with one attached hydrogen (secondary N) is 1. The molecule has 0 saturated heterocycles. The van der Waals surface area contributed by atoms with Gasteiger partial charge in [-0.15, -0.1) is 0 Å². The maximum absolute atomic E-state index is 4.62. The van der Waals surface area contributed by atoms with E-state index in [-0.39, 0.29) is 0 Å². The molecule has 1 atom stereocenters. The molecule has 4 nitrogen and oxygen atoms in total. The molecule has 2 aromatic heterocycles. The molecule has 2 rings (SSSR count). The van der Waals surface area contributed by atoms with E-state index in [1.807, 2.05) is 30.7 Å². The summed E-state index contributed by atoms with van der Waals surface area (Å²) < 4.78 is 0. The van der Waals surface area contributed by atoms with Crippen molar-refractivity contribution in [1.82, 2.24) is 15.3 Å². The van der Waals surface area contributed by atoms with Gasteiger partial charge in [-0.2, -0.15) is 0 Å². The molecule has 1 N–H and O–H groups in total. The van der Waals surface area contributed by atoms with Crippen LogP contribution in [-0.2, 0) is 6.54 Å². The number of hydrogen-bond donors (Lipinski definition) is 1. The van der Waals surface area contributed by atoms with Gasteiger partial charge in [-0.3, -0.25) is 4.98 Å². The normalized spacial score (nSPS) is 12.1. The maximum atomic E-state index is 4.62. The molecule has 21 heavy (non-hydrogen) atoms. The van der Waals surface area contributed by atoms with Crippen LogP contribution in [0.3, 0.4) is 0 Å². The van der Waals surface area contributed by atoms with Crippen molar-refractivity contribution in [1.29, 1.82) is 0 Å². The molecule has 112 valence electrons. The Morgan fingerprint density at radius 1 is 1.14 bits per heavy atom. The summed E-state index contributed by atoms with van der Waals surface area (Å²) in [4.78, 5) is 10.9. The molecule has 0 radical (unpaired) electrons. The molecule has 2 heterocycles. The van der Waals surface area contributed by atoms with Crippen molar-refractivity contribution < 1.29 is 0 Å². The zero-order valence-corrected chi connectivity index (χ0v) is 13.1. The van der Waals surface area contributed by atoms with E-state index in [2.05, 4.69) is 53.1 Å². The Bertz CT molecular complexity index is 524. The van der Waals surface area contributed by atoms with E-state index in [9.17, 15) is 0 Å². The summed E-state index contributed by atoms with van der Waals surface area (Å²) in [6, 6.07) is 8.69. The molecule has 0 amide bonds. The first-order valence-electron chi connectivity index (χ1n) is 7.57. The molecular formula is C17H24N4. The average Bonchev–Trinajstić information content (AvgIpc) is 2.54. The first kappa shape index (κ1) is 15.4. The van der Waals surface area contributed by atoms with Gasteiger partial charge in [-0.05, 0) is 49.7 Å². The lowest BCUT2D eigenvalue weighted by molar-refractivity contribution is 0.596. The fraction of sp³-hybridized carbons (Fsp3) is 0.412. The second-order valence-electron chi connectivity index (χ2n) is 5.10. The Hall–Kier alpha value is -1.94. The van der Waals surface area contributed by atoms with Gasteiger partial charge >= 0.3 is 0 Å². The molecule has 4 heteroatoms. The molecule has 0 fully saturated rings. The Balaban J connectivity index is 2.08. The van der Waals surface area contributed by atoms with Crippen LogP contribution in [-0.4, -0.2) is 23.1 Å². The van der Waals surface area contributed by atoms with Crippen LogP contribution in [0.1, 0.15) is 37.9 Å². The highest BCUT2D eigenvalue weighted by Gasteiger charge is 2.09. The molecule has 0 bridgehead atoms. The topological polar surface area (TPSA) is 41.0 Å². The van der Waals surface area contributed by atoms with Crippen molar-refractivity contribution in [3.63, 3.8) is 0 Å². The highest BCUT2D eigenvalue weighted by molar-refractivity contribution is 5.40. The minimum absolute atomic E-state index is 0.340. The van der Waals surface area contributed by atoms with Gasteiger partial charge < -0.3 is 10.2 Å². The first-order chi connectivity index (χ1) is 10.2. The second kappa shape index (κ2) is 7.74. The molecule has 1 unspecified atom stereocenters. The lowest BCUT2D eigenvalue weighted by atomic mass is 10.1. The van der Waals surface area contributed by atoms with Gasteiger partial charge in [0.25, 0.3) is 0 Å². The third-order valence-electron chi connectivity index (χ3n) is 3.61. The van der Waals surface area contributed by atoms with Gasteiger partial charge in [0.1, 0.15) is 5.82 Å². The van der Waals surface area contributed by atoms with Gasteiger partial charge in [0.15, 0.2) is 0 Å². The molecule has 0 saturated carbocycles. The van der Waals surface area contributed by atoms with Gasteiger partial charge in [0.05, 0.1) is 0 Å². The average molecular weight is 284 g/mol. The van der Waals surface area contributed by atoms with Gasteiger partial charge in [-0.25, -0.2) is 4.98 Å². The molecular weight excluding hydrogens is 260 g/mol. The smallest absolute Gasteiger partial charge is 0.128 e. The van der Waals surface area contributed by atoms with Gasteiger partial charge in [0.2, 0.25) is 0 Å². The van der Waals surface area contributed by atoms with Crippen molar-refractivity contribution in [2.45, 2.75) is 33.4 Å². The lowest BCUT2D eigenvalue weighted by Crippen LogP contribution is -2.23. The Labute approximate surface area is 127 Å². The number of pyridine rings is 2. The van der Waals surface area contributed by atoms with Crippen LogP contribution in [0.4, 0.5) is 5.82 Å². The van der Waals surface area contributed by atoms with Crippen LogP contribution in [0.25, 0.3) is 0 Å². The zero-order chi connectivity index (χ0) is 15.1. The van der Waals surface area contributed by atoms with Crippen LogP contribution in [0.5, 0.6) is 0 Å². The third kappa shape index (κ3) is 4.26. The molecule has 0 aliphatic heterocycles. The minimum atomic E-state index is 0.340. The van der Waals surface area contributed by atoms with E-state index in [1.165, 1.54) is 11.1 Å². The van der Waals surface area contributed by atoms with Crippen LogP contribution in [0, 0.1) is 0 Å². The van der Waals surface area contributed by atoms with Crippen LogP contribution in [0.15, 0.2) is 42.9 Å². The highest BCUT2D eigenvalue weighted by atomic mass is 15.2. The van der Waals surface area contributed by atoms with E-state index in [1.54, 1.807) is 0 Å². The highest BCUT2D eigenvalue weighted by Crippen LogP contribution is 2.17. The number of aromatic nitrogens is 2. The maximum Gasteiger partial charge on any atom is 0.128 e. The zero-order valence-electron chi connectivity index (χ0n) is 13.1. The van der Waals surface area contributed by atoms with Crippen LogP contribution in [0.2, 0.25) is 0 Å². The quantitative estimate of drug-likeness (QED) is 0.848. The fourth-order valence-corrected chi connectivity index (χ4v) is 2.33. The summed E-state index contributed by atoms with van der Waals surface area (Å²) in [5.41, 5.74) is 2.47. The second-order valence-corrected chi connectivity index (χ2v) is 5.10. The van der Waals surface area contributed by atoms with E-state index < -0.39 is 0 Å². The molecule has 0 aromatic carbocycles. The van der Waals surface area contributed by atoms with E-state index >= 15 is 0 Å². The van der Waals surface area contributed by atoms with Crippen LogP contribution < -0.4 is 10.2 Å². The van der Waals surface area contributed by atoms with E-state index in [0.717, 1.165) is 25.5 Å². The number of anilines is 1. The Morgan fingerprint density at radius 3 is 2.48 bits per heavy atom. The lowest BCUT2D eigenvalue weighted by Gasteiger charge is -2.22. The van der Waals surface area contributed by atoms with Crippen molar-refractivity contribution >= 4 is 5.82 Å². The monoisotopic (exact) mass is 284 g/mol. The predicted molar refractivity (Wildman–Crippen MR) is 87.3 cm³/mol. The summed E-state index contributed by atoms with van der Waals surface area (Å²) in [6.45, 7) is 9.18. The van der Waals surface area contributed by atoms with Crippen molar-refractivity contribution in [3.8, 4) is 0 Å². The molecule has 2 aromatic rings. The minimum Gasteiger partial charge on any atom is -0.353 e. The summed E-state index contributed by atoms with van der Waals surface area (Å²) in [7, 11) is 0. The largest absolute Gasteiger partial charge is 0.353 e. The van der Waals surface area contributed by atoms with Crippen molar-refractivity contribution in [2.75, 3.05) is 18.0 Å². The van der Waals surface area contributed by atoms with Gasteiger partial charge in [-0.1, -0.05) is 13.0 Å². The first-order valence-corrected chi connectivity index (χ1v) is 7.57. The molecule has 0 spiro atoms. The molecule has 0 aliphatic rings. The van der Waals surface area contributed by atoms with Crippen molar-refractivity contribution in [3.05, 3.63) is 54.0 Å². The summed E-state index contributed by atoms with van der Waals surface area (Å²) >= 11 is 0. The SMILES string of the molecule is CCNC(C)c1ccc(N(CC)Cc2ccncc2)nc1. The predicted octanol–water partition coefficient (Wildman–Crippen LogP) is 3.17. The fourth-order valence-electron chi connectivity index (χ4n) is 2.33. The summed E-state index contributed by atoms with van der Waals surface area (Å²) in [5.74, 6) is 1.02. The number of nitrogens with zero attached hydrogens (tertiary/aromatic N) is 3. The van der Waals surface area contributed by atoms with Crippen LogP contribution >= 0.6 is 0 Å². The van der Waals surface area contributed by atoms with Crippen molar-refractivity contribution in [2.24, 2.45) is 0 Å². The Morgan fingerprint density at radius 2 is 1.90 bits per heavy atom. The summed E-state index contributed by atoms with van der Waals surface area (Å²) in [5, 5.41) is 3.40. The third-order valence-corrected chi connectivity index (χ3v) is 3.61. The van der Waals surface area contributed by atoms with Gasteiger partial charge in [0, 0.05) is 37.7 Å². The summed E-state index contributed by atoms with van der Waals surface area (Å²) in [6.07, 6.45) is 5.63. The molecule has 0 aliphatic carbocycles. The van der Waals surface area contributed by atoms with E-state index in [0.29, 0.717) is 6.04 Å².